The van der Waals surface area contributed by atoms with Crippen LogP contribution >= 0.6 is 0 Å². The third-order valence-corrected chi connectivity index (χ3v) is 2.80. The number of ether oxygens (including phenoxy) is 1. The zero-order valence-electron chi connectivity index (χ0n) is 8.21. The number of rotatable bonds is 1. The van der Waals surface area contributed by atoms with E-state index in [0.29, 0.717) is 19.5 Å². The summed E-state index contributed by atoms with van der Waals surface area (Å²) in [5, 5.41) is 3.09. The van der Waals surface area contributed by atoms with Gasteiger partial charge in [0.1, 0.15) is 0 Å². The average Bonchev–Trinajstić information content (AvgIpc) is 2.40. The summed E-state index contributed by atoms with van der Waals surface area (Å²) in [5.41, 5.74) is -0.897. The summed E-state index contributed by atoms with van der Waals surface area (Å²) in [7, 11) is 0. The molecule has 0 bridgehead atoms. The van der Waals surface area contributed by atoms with E-state index in [1.54, 1.807) is 6.92 Å². The molecule has 2 aliphatic rings. The maximum absolute atomic E-state index is 11.9. The second-order valence-electron chi connectivity index (χ2n) is 3.69. The molecule has 0 aromatic rings. The topological polar surface area (TPSA) is 58.6 Å². The Labute approximate surface area is 82.4 Å². The molecule has 0 aromatic heterocycles. The summed E-state index contributed by atoms with van der Waals surface area (Å²) in [5.74, 6) is -0.183. The van der Waals surface area contributed by atoms with Crippen molar-refractivity contribution in [3.63, 3.8) is 0 Å². The number of hydrogen-bond donors (Lipinski definition) is 1. The second kappa shape index (κ2) is 3.24. The van der Waals surface area contributed by atoms with Crippen molar-refractivity contribution in [3.05, 3.63) is 0 Å². The Hall–Kier alpha value is -1.10. The summed E-state index contributed by atoms with van der Waals surface area (Å²) < 4.78 is 5.18. The van der Waals surface area contributed by atoms with E-state index in [1.165, 1.54) is 4.90 Å². The number of piperidine rings is 1. The van der Waals surface area contributed by atoms with Gasteiger partial charge in [-0.05, 0) is 26.3 Å². The van der Waals surface area contributed by atoms with Crippen molar-refractivity contribution in [1.29, 1.82) is 0 Å². The minimum atomic E-state index is -0.897. The van der Waals surface area contributed by atoms with Crippen molar-refractivity contribution in [3.8, 4) is 0 Å². The van der Waals surface area contributed by atoms with Crippen molar-refractivity contribution in [1.82, 2.24) is 10.2 Å². The molecule has 2 amide bonds. The van der Waals surface area contributed by atoms with Gasteiger partial charge in [-0.1, -0.05) is 0 Å². The van der Waals surface area contributed by atoms with Crippen LogP contribution < -0.4 is 5.32 Å². The first kappa shape index (κ1) is 9.45. The number of imide groups is 1. The van der Waals surface area contributed by atoms with E-state index in [0.717, 1.165) is 13.0 Å². The fourth-order valence-corrected chi connectivity index (χ4v) is 2.01. The highest BCUT2D eigenvalue weighted by Crippen LogP contribution is 2.30. The SMILES string of the molecule is CCN1C(=O)OC2(CCCNC2)C1=O. The molecule has 1 unspecified atom stereocenters. The lowest BCUT2D eigenvalue weighted by atomic mass is 9.93. The first-order valence-electron chi connectivity index (χ1n) is 4.95. The van der Waals surface area contributed by atoms with Crippen LogP contribution in [0, 0.1) is 0 Å². The molecule has 2 aliphatic heterocycles. The fourth-order valence-electron chi connectivity index (χ4n) is 2.01. The van der Waals surface area contributed by atoms with Crippen LogP contribution in [-0.2, 0) is 9.53 Å². The van der Waals surface area contributed by atoms with Crippen molar-refractivity contribution in [2.75, 3.05) is 19.6 Å². The van der Waals surface area contributed by atoms with Crippen LogP contribution in [0.15, 0.2) is 0 Å². The van der Waals surface area contributed by atoms with E-state index in [1.807, 2.05) is 0 Å². The zero-order valence-corrected chi connectivity index (χ0v) is 8.21. The summed E-state index contributed by atoms with van der Waals surface area (Å²) >= 11 is 0. The molecular weight excluding hydrogens is 184 g/mol. The Kier molecular flexibility index (Phi) is 2.19. The molecule has 1 spiro atoms. The Morgan fingerprint density at radius 2 is 2.36 bits per heavy atom. The third kappa shape index (κ3) is 1.19. The van der Waals surface area contributed by atoms with Gasteiger partial charge in [-0.3, -0.25) is 4.79 Å². The minimum absolute atomic E-state index is 0.183. The highest BCUT2D eigenvalue weighted by atomic mass is 16.6. The predicted octanol–water partition coefficient (Wildman–Crippen LogP) is 0.107. The first-order chi connectivity index (χ1) is 6.69. The number of hydrogen-bond acceptors (Lipinski definition) is 4. The third-order valence-electron chi connectivity index (χ3n) is 2.80. The van der Waals surface area contributed by atoms with E-state index < -0.39 is 11.7 Å². The van der Waals surface area contributed by atoms with Gasteiger partial charge in [-0.2, -0.15) is 0 Å². The lowest BCUT2D eigenvalue weighted by Gasteiger charge is -2.29. The lowest BCUT2D eigenvalue weighted by molar-refractivity contribution is -0.138. The maximum Gasteiger partial charge on any atom is 0.417 e. The molecule has 14 heavy (non-hydrogen) atoms. The number of nitrogens with one attached hydrogen (secondary N) is 1. The van der Waals surface area contributed by atoms with Gasteiger partial charge < -0.3 is 10.1 Å². The molecule has 78 valence electrons. The molecule has 5 heteroatoms. The fraction of sp³-hybridized carbons (Fsp3) is 0.778. The maximum atomic E-state index is 11.9. The van der Waals surface area contributed by atoms with Gasteiger partial charge in [0.15, 0.2) is 0 Å². The summed E-state index contributed by atoms with van der Waals surface area (Å²) in [6, 6.07) is 0. The van der Waals surface area contributed by atoms with E-state index in [-0.39, 0.29) is 5.91 Å². The lowest BCUT2D eigenvalue weighted by Crippen LogP contribution is -2.52. The summed E-state index contributed by atoms with van der Waals surface area (Å²) in [6.45, 7) is 3.50. The van der Waals surface area contributed by atoms with Crippen LogP contribution in [-0.4, -0.2) is 42.1 Å². The molecule has 0 saturated carbocycles. The zero-order chi connectivity index (χ0) is 10.2. The Morgan fingerprint density at radius 1 is 1.57 bits per heavy atom. The molecule has 1 N–H and O–H groups in total. The molecule has 2 heterocycles. The van der Waals surface area contributed by atoms with E-state index in [2.05, 4.69) is 5.32 Å². The minimum Gasteiger partial charge on any atom is -0.431 e. The molecule has 0 radical (unpaired) electrons. The second-order valence-corrected chi connectivity index (χ2v) is 3.69. The van der Waals surface area contributed by atoms with Crippen molar-refractivity contribution >= 4 is 12.0 Å². The number of carbonyl (C=O) groups is 2. The Morgan fingerprint density at radius 3 is 2.86 bits per heavy atom. The van der Waals surface area contributed by atoms with Gasteiger partial charge >= 0.3 is 6.09 Å². The summed E-state index contributed by atoms with van der Waals surface area (Å²) in [6.07, 6.45) is 1.01. The first-order valence-corrected chi connectivity index (χ1v) is 4.95. The smallest absolute Gasteiger partial charge is 0.417 e. The number of amides is 2. The largest absolute Gasteiger partial charge is 0.431 e. The molecule has 0 aliphatic carbocycles. The normalized spacial score (nSPS) is 32.5. The summed E-state index contributed by atoms with van der Waals surface area (Å²) in [4.78, 5) is 24.4. The average molecular weight is 198 g/mol. The predicted molar refractivity (Wildman–Crippen MR) is 48.7 cm³/mol. The van der Waals surface area contributed by atoms with E-state index in [4.69, 9.17) is 4.74 Å². The highest BCUT2D eigenvalue weighted by Gasteiger charge is 2.53. The van der Waals surface area contributed by atoms with E-state index >= 15 is 0 Å². The van der Waals surface area contributed by atoms with Crippen molar-refractivity contribution < 1.29 is 14.3 Å². The van der Waals surface area contributed by atoms with Crippen LogP contribution in [0.25, 0.3) is 0 Å². The van der Waals surface area contributed by atoms with Gasteiger partial charge in [-0.25, -0.2) is 9.69 Å². The van der Waals surface area contributed by atoms with Gasteiger partial charge in [-0.15, -0.1) is 0 Å². The number of likely N-dealkylation sites (N-methyl/N-ethyl adjacent to an activating group) is 1. The monoisotopic (exact) mass is 198 g/mol. The molecule has 1 atom stereocenters. The molecule has 2 fully saturated rings. The van der Waals surface area contributed by atoms with Gasteiger partial charge in [0.25, 0.3) is 5.91 Å². The van der Waals surface area contributed by atoms with Gasteiger partial charge in [0.05, 0.1) is 0 Å². The van der Waals surface area contributed by atoms with Crippen LogP contribution in [0.3, 0.4) is 0 Å². The van der Waals surface area contributed by atoms with Gasteiger partial charge in [0, 0.05) is 13.1 Å². The van der Waals surface area contributed by atoms with Crippen LogP contribution in [0.1, 0.15) is 19.8 Å². The van der Waals surface area contributed by atoms with Gasteiger partial charge in [0.2, 0.25) is 5.60 Å². The molecule has 0 aromatic carbocycles. The van der Waals surface area contributed by atoms with Crippen molar-refractivity contribution in [2.45, 2.75) is 25.4 Å². The van der Waals surface area contributed by atoms with Crippen LogP contribution in [0.4, 0.5) is 4.79 Å². The molecule has 2 saturated heterocycles. The standard InChI is InChI=1S/C9H14N2O3/c1-2-11-7(12)9(14-8(11)13)4-3-5-10-6-9/h10H,2-6H2,1H3. The quantitative estimate of drug-likeness (QED) is 0.649. The molecule has 5 nitrogen and oxygen atoms in total. The Balaban J connectivity index is 2.21. The van der Waals surface area contributed by atoms with E-state index in [9.17, 15) is 9.59 Å². The number of carbonyl (C=O) groups excluding carboxylic acids is 2. The van der Waals surface area contributed by atoms with Crippen LogP contribution in [0.2, 0.25) is 0 Å². The van der Waals surface area contributed by atoms with Crippen LogP contribution in [0.5, 0.6) is 0 Å². The molecule has 2 rings (SSSR count). The highest BCUT2D eigenvalue weighted by molar-refractivity contribution is 6.03. The van der Waals surface area contributed by atoms with Crippen molar-refractivity contribution in [2.24, 2.45) is 0 Å². The number of nitrogens with zero attached hydrogens (tertiary/aromatic N) is 1. The molecular formula is C9H14N2O3. The Bertz CT molecular complexity index is 271.